The Morgan fingerprint density at radius 3 is 2.00 bits per heavy atom. The van der Waals surface area contributed by atoms with Gasteiger partial charge < -0.3 is 133 Å². The van der Waals surface area contributed by atoms with Gasteiger partial charge in [0.25, 0.3) is 0 Å². The van der Waals surface area contributed by atoms with Gasteiger partial charge in [-0.25, -0.2) is 9.59 Å². The smallest absolute Gasteiger partial charge is 0.417 e. The second-order valence-corrected chi connectivity index (χ2v) is 29.3. The minimum atomic E-state index is -2.35. The number of fused-ring (bicyclic) bond motifs is 15. The summed E-state index contributed by atoms with van der Waals surface area (Å²) in [6.07, 6.45) is -19.0. The number of aliphatic hydroxyl groups is 6. The predicted octanol–water partition coefficient (Wildman–Crippen LogP) is 2.46. The molecule has 2 saturated heterocycles. The van der Waals surface area contributed by atoms with Gasteiger partial charge in [0.05, 0.1) is 42.9 Å². The molecule has 0 unspecified atom stereocenters. The van der Waals surface area contributed by atoms with E-state index in [4.69, 9.17) is 61.0 Å². The Hall–Kier alpha value is -11.0. The molecule has 6 aromatic rings. The minimum absolute atomic E-state index is 0.0415. The lowest BCUT2D eigenvalue weighted by molar-refractivity contribution is -0.333. The van der Waals surface area contributed by atoms with Crippen molar-refractivity contribution in [2.45, 2.75) is 176 Å². The number of aliphatic carboxylic acids is 1. The van der Waals surface area contributed by atoms with Crippen LogP contribution in [0.15, 0.2) is 103 Å². The number of nitrogens with two attached hydrogens (primary N) is 2. The zero-order valence-electron chi connectivity index (χ0n) is 62.4. The first-order chi connectivity index (χ1) is 54.0. The summed E-state index contributed by atoms with van der Waals surface area (Å²) in [6, 6.07) is 6.02. The maximum absolute atomic E-state index is 16.3. The number of carboxylic acid groups (broad SMARTS) is 1. The van der Waals surface area contributed by atoms with Gasteiger partial charge in [0.1, 0.15) is 95.2 Å². The first kappa shape index (κ1) is 83.9. The van der Waals surface area contributed by atoms with Crippen LogP contribution in [-0.4, -0.2) is 199 Å². The van der Waals surface area contributed by atoms with Gasteiger partial charge in [0.15, 0.2) is 29.9 Å². The number of phenols is 2. The number of carbonyl (C=O) groups excluding carboxylic acids is 8. The monoisotopic (exact) mass is 1600 g/mol. The summed E-state index contributed by atoms with van der Waals surface area (Å²) in [5, 5.41) is 125. The fourth-order valence-corrected chi connectivity index (χ4v) is 14.1. The Kier molecular flexibility index (Phi) is 25.9. The van der Waals surface area contributed by atoms with Crippen LogP contribution in [0.5, 0.6) is 51.7 Å². The van der Waals surface area contributed by atoms with E-state index >= 15 is 19.2 Å². The molecule has 6 aromatic carbocycles. The highest BCUT2D eigenvalue weighted by molar-refractivity contribution is 6.32. The number of carboxylic acids is 1. The SMILES string of the molecule is CCCOc1ccc(NC(=O)Oc2cc(O)c3c(c2)[C@@H](C(=O)O)NC(=O)[C@H]2NC(=O)[C@H](NC(=O)[C@@H]4NC(=O)[C@H](CC(N)=O)NC(=O)[C@H](NC(=O)[C@@H](CC(C)C)NC)[C@H](O)c5ccc(c(C)c5)Oc5cc4cc(c5O[C@@H]4O[C@H](CO)[C@@H](O)[C@H](O)[C@H]4O[C@H]4C[C@](C)(N)[C@H](O)[C@H](C)O4)Oc4ccc(cc4Cl)[C@H]2O)c2ccc(O)c-3c2)cc1. The standard InChI is InChI=1S/C77H89ClN10O26/c1-8-19-107-39-14-12-38(13-15-39)82-76(106)109-40-26-42-55(47(91)27-40)41-22-34(9-16-46(41)90)56-70(100)88-60(73(103)86-58(42)74(104)105)62(94)36-11-18-49(43(78)23-36)111-51-25-37-24-50(65(51)114-75-66(64(96)63(95)52(30-89)112-75)113-54-29-77(6,80)67(97)33(5)108-54)110-48-17-10-35(21-32(48)4)61(93)59(87-68(98)44(81-7)20-31(2)3)72(102)83-45(28-53(79)92)69(99)84-57(37)71(101)85-56/h9-18,21-27,31,33,44-45,52,54,56-64,66-67,75,81,89-91,93-97H,8,19-20,28-30,80H2,1-7H3,(H2,79,92)(H,82,106)(H,83,102)(H,84,99)(H,85,101)(H,86,103)(H,87,98)(H,88,100)(H,104,105)/t33-,44+,45-,52+,54-,56+,57+,58-,59+,60-,61+,62+,63+,64-,66+,67+,75-,77-/m0/s1. The van der Waals surface area contributed by atoms with E-state index in [-0.39, 0.29) is 52.5 Å². The van der Waals surface area contributed by atoms with E-state index in [1.165, 1.54) is 58.2 Å². The number of aryl methyl sites for hydroxylation is 1. The summed E-state index contributed by atoms with van der Waals surface area (Å²) < 4.78 is 50.0. The van der Waals surface area contributed by atoms with Gasteiger partial charge in [0, 0.05) is 40.4 Å². The lowest BCUT2D eigenvalue weighted by Gasteiger charge is -2.47. The van der Waals surface area contributed by atoms with E-state index in [1.54, 1.807) is 12.1 Å². The number of benzene rings is 6. The molecule has 13 rings (SSSR count). The van der Waals surface area contributed by atoms with Crippen molar-refractivity contribution >= 4 is 70.7 Å². The summed E-state index contributed by atoms with van der Waals surface area (Å²) in [5.74, 6) is -15.1. The highest BCUT2D eigenvalue weighted by Crippen LogP contribution is 2.50. The number of likely N-dealkylation sites (N-methyl/N-ethyl adjacent to an activating group) is 1. The maximum atomic E-state index is 16.3. The highest BCUT2D eigenvalue weighted by atomic mass is 35.5. The van der Waals surface area contributed by atoms with Gasteiger partial charge in [-0.2, -0.15) is 0 Å². The highest BCUT2D eigenvalue weighted by Gasteiger charge is 2.52. The Bertz CT molecular complexity index is 4670. The predicted molar refractivity (Wildman–Crippen MR) is 399 cm³/mol. The third kappa shape index (κ3) is 18.6. The number of hydrogen-bond donors (Lipinski definition) is 19. The fraction of sp³-hybridized carbons (Fsp3) is 0.416. The summed E-state index contributed by atoms with van der Waals surface area (Å²) in [7, 11) is 1.49. The van der Waals surface area contributed by atoms with E-state index in [1.807, 2.05) is 20.8 Å². The van der Waals surface area contributed by atoms with Crippen molar-refractivity contribution in [2.24, 2.45) is 17.4 Å². The van der Waals surface area contributed by atoms with Crippen LogP contribution >= 0.6 is 11.6 Å². The molecule has 2 fully saturated rings. The van der Waals surface area contributed by atoms with Crippen LogP contribution in [0.2, 0.25) is 5.02 Å². The summed E-state index contributed by atoms with van der Waals surface area (Å²) >= 11 is 7.14. The Labute approximate surface area is 656 Å². The van der Waals surface area contributed by atoms with Crippen molar-refractivity contribution in [1.82, 2.24) is 37.2 Å². The van der Waals surface area contributed by atoms with E-state index in [9.17, 15) is 69.9 Å². The first-order valence-electron chi connectivity index (χ1n) is 36.3. The normalized spacial score (nSPS) is 27.3. The third-order valence-electron chi connectivity index (χ3n) is 19.8. The van der Waals surface area contributed by atoms with Crippen molar-refractivity contribution < 1.29 is 127 Å². The van der Waals surface area contributed by atoms with Crippen LogP contribution in [0.3, 0.4) is 0 Å². The molecular formula is C77H89ClN10O26. The second-order valence-electron chi connectivity index (χ2n) is 28.9. The maximum Gasteiger partial charge on any atom is 0.417 e. The summed E-state index contributed by atoms with van der Waals surface area (Å²) in [6.45, 7) is 9.52. The van der Waals surface area contributed by atoms with Crippen molar-refractivity contribution in [3.63, 3.8) is 0 Å². The van der Waals surface area contributed by atoms with Crippen LogP contribution in [0.1, 0.15) is 124 Å². The van der Waals surface area contributed by atoms with Crippen molar-refractivity contribution in [3.05, 3.63) is 142 Å². The first-order valence-corrected chi connectivity index (χ1v) is 36.7. The molecule has 0 saturated carbocycles. The molecule has 8 amide bonds. The number of rotatable bonds is 18. The molecule has 610 valence electrons. The lowest BCUT2D eigenvalue weighted by atomic mass is 9.86. The van der Waals surface area contributed by atoms with Crippen molar-refractivity contribution in [3.8, 4) is 62.9 Å². The largest absolute Gasteiger partial charge is 0.507 e. The summed E-state index contributed by atoms with van der Waals surface area (Å²) in [5.41, 5.74) is 8.43. The van der Waals surface area contributed by atoms with Gasteiger partial charge in [-0.15, -0.1) is 0 Å². The van der Waals surface area contributed by atoms with Crippen LogP contribution in [0.4, 0.5) is 10.5 Å². The van der Waals surface area contributed by atoms with Gasteiger partial charge in [-0.3, -0.25) is 38.9 Å². The average molecular weight is 1610 g/mol. The van der Waals surface area contributed by atoms with E-state index < -0.39 is 243 Å². The molecule has 0 aromatic heterocycles. The molecule has 37 heteroatoms. The molecule has 18 atom stereocenters. The molecule has 21 N–H and O–H groups in total. The van der Waals surface area contributed by atoms with Crippen LogP contribution in [0, 0.1) is 12.8 Å². The molecule has 7 heterocycles. The molecule has 114 heavy (non-hydrogen) atoms. The number of aliphatic hydroxyl groups excluding tert-OH is 6. The van der Waals surface area contributed by atoms with Gasteiger partial charge in [0.2, 0.25) is 53.4 Å². The van der Waals surface area contributed by atoms with Crippen LogP contribution < -0.4 is 77.7 Å². The number of hydrogen-bond acceptors (Lipinski definition) is 27. The number of anilines is 1. The number of halogens is 1. The van der Waals surface area contributed by atoms with E-state index in [0.717, 1.165) is 60.7 Å². The van der Waals surface area contributed by atoms with Crippen molar-refractivity contribution in [1.29, 1.82) is 0 Å². The molecule has 7 aliphatic heterocycles. The van der Waals surface area contributed by atoms with E-state index in [0.29, 0.717) is 18.8 Å². The molecule has 0 aliphatic carbocycles. The number of primary amides is 1. The lowest BCUT2D eigenvalue weighted by Crippen LogP contribution is -2.64. The van der Waals surface area contributed by atoms with Gasteiger partial charge >= 0.3 is 12.1 Å². The molecule has 36 nitrogen and oxygen atoms in total. The topological polar surface area (TPSA) is 558 Å². The van der Waals surface area contributed by atoms with Crippen molar-refractivity contribution in [2.75, 3.05) is 25.6 Å². The zero-order chi connectivity index (χ0) is 82.6. The number of phenolic OH excluding ortho intramolecular Hbond substituents is 2. The third-order valence-corrected chi connectivity index (χ3v) is 20.1. The zero-order valence-corrected chi connectivity index (χ0v) is 63.2. The molecule has 0 spiro atoms. The Morgan fingerprint density at radius 2 is 1.37 bits per heavy atom. The molecular weight excluding hydrogens is 1520 g/mol. The number of amides is 8. The van der Waals surface area contributed by atoms with E-state index in [2.05, 4.69) is 42.5 Å². The number of ether oxygens (including phenoxy) is 8. The number of aromatic hydroxyl groups is 2. The number of nitrogens with one attached hydrogen (secondary N) is 8. The number of carbonyl (C=O) groups is 9. The molecule has 0 radical (unpaired) electrons. The van der Waals surface area contributed by atoms with Crippen LogP contribution in [0.25, 0.3) is 11.1 Å². The quantitative estimate of drug-likeness (QED) is 0.0587. The summed E-state index contributed by atoms with van der Waals surface area (Å²) in [4.78, 5) is 132. The average Bonchev–Trinajstić information content (AvgIpc) is 0.767. The Morgan fingerprint density at radius 1 is 0.719 bits per heavy atom. The molecule has 7 aliphatic rings. The van der Waals surface area contributed by atoms with Crippen LogP contribution in [-0.2, 0) is 52.6 Å². The van der Waals surface area contributed by atoms with Gasteiger partial charge in [-0.05, 0) is 153 Å². The Balaban J connectivity index is 1.13. The van der Waals surface area contributed by atoms with Gasteiger partial charge in [-0.1, -0.05) is 50.6 Å². The second kappa shape index (κ2) is 35.2. The minimum Gasteiger partial charge on any atom is -0.507 e. The molecule has 11 bridgehead atoms. The fourth-order valence-electron chi connectivity index (χ4n) is 13.8.